The van der Waals surface area contributed by atoms with Crippen molar-refractivity contribution in [1.29, 1.82) is 5.26 Å². The van der Waals surface area contributed by atoms with Crippen molar-refractivity contribution >= 4 is 22.9 Å². The molecule has 2 aromatic rings. The molecule has 0 radical (unpaired) electrons. The number of pyridine rings is 1. The van der Waals surface area contributed by atoms with Crippen molar-refractivity contribution in [2.24, 2.45) is 0 Å². The van der Waals surface area contributed by atoms with Gasteiger partial charge in [0.2, 0.25) is 0 Å². The molecule has 0 spiro atoms. The summed E-state index contributed by atoms with van der Waals surface area (Å²) in [6.07, 6.45) is 5.78. The molecule has 0 aliphatic carbocycles. The third-order valence-electron chi connectivity index (χ3n) is 4.91. The zero-order valence-corrected chi connectivity index (χ0v) is 17.7. The molecule has 1 aliphatic heterocycles. The molecular formula is C23H24N4O3. The van der Waals surface area contributed by atoms with E-state index in [9.17, 15) is 10.1 Å². The summed E-state index contributed by atoms with van der Waals surface area (Å²) in [6.45, 7) is 5.70. The van der Waals surface area contributed by atoms with Crippen LogP contribution in [-0.2, 0) is 6.42 Å². The van der Waals surface area contributed by atoms with Crippen molar-refractivity contribution in [3.63, 3.8) is 0 Å². The number of nitriles is 1. The van der Waals surface area contributed by atoms with Gasteiger partial charge in [-0.1, -0.05) is 13.0 Å². The van der Waals surface area contributed by atoms with E-state index in [1.165, 1.54) is 6.20 Å². The lowest BCUT2D eigenvalue weighted by Gasteiger charge is -2.27. The normalized spacial score (nSPS) is 12.7. The number of allylic oxidation sites excluding steroid dienone is 4. The minimum atomic E-state index is -0.290. The first-order chi connectivity index (χ1) is 14.5. The van der Waals surface area contributed by atoms with Gasteiger partial charge < -0.3 is 20.1 Å². The number of ether oxygens (including phenoxy) is 2. The van der Waals surface area contributed by atoms with Gasteiger partial charge in [-0.3, -0.25) is 9.78 Å². The zero-order chi connectivity index (χ0) is 21.8. The van der Waals surface area contributed by atoms with Crippen LogP contribution in [0, 0.1) is 11.3 Å². The van der Waals surface area contributed by atoms with Gasteiger partial charge in [0.05, 0.1) is 24.4 Å². The molecule has 0 saturated heterocycles. The smallest absolute Gasteiger partial charge is 0.254 e. The van der Waals surface area contributed by atoms with Gasteiger partial charge in [-0.05, 0) is 49.6 Å². The Bertz CT molecular complexity index is 1110. The molecule has 1 amide bonds. The summed E-state index contributed by atoms with van der Waals surface area (Å²) in [5.74, 6) is 1.36. The first-order valence-corrected chi connectivity index (χ1v) is 9.63. The summed E-state index contributed by atoms with van der Waals surface area (Å²) in [4.78, 5) is 16.9. The lowest BCUT2D eigenvalue weighted by atomic mass is 10.0. The number of aromatic nitrogens is 1. The number of benzene rings is 1. The van der Waals surface area contributed by atoms with Gasteiger partial charge in [0.1, 0.15) is 17.1 Å². The van der Waals surface area contributed by atoms with Crippen molar-refractivity contribution < 1.29 is 14.3 Å². The van der Waals surface area contributed by atoms with E-state index in [2.05, 4.69) is 28.6 Å². The standard InChI is InChI=1S/C23H24N4O3/c1-6-14-9-17(29-5)21-18(10-14)30-22-19(13(3)8-15(7-2)11-24)26-12-16(20(22)27-21)23(28)25-4/h7-10,12,27H,6H2,1-5H3,(H,25,28)/b13-8+,15-7+. The van der Waals surface area contributed by atoms with Gasteiger partial charge >= 0.3 is 0 Å². The molecule has 2 heterocycles. The second kappa shape index (κ2) is 8.70. The van der Waals surface area contributed by atoms with Crippen LogP contribution in [0.25, 0.3) is 5.57 Å². The predicted molar refractivity (Wildman–Crippen MR) is 116 cm³/mol. The molecule has 7 nitrogen and oxygen atoms in total. The number of fused-ring (bicyclic) bond motifs is 2. The van der Waals surface area contributed by atoms with Crippen LogP contribution in [0.1, 0.15) is 42.4 Å². The van der Waals surface area contributed by atoms with Crippen LogP contribution in [0.5, 0.6) is 17.2 Å². The second-order valence-electron chi connectivity index (χ2n) is 6.74. The van der Waals surface area contributed by atoms with Crippen LogP contribution in [0.2, 0.25) is 0 Å². The predicted octanol–water partition coefficient (Wildman–Crippen LogP) is 4.73. The van der Waals surface area contributed by atoms with Gasteiger partial charge in [-0.2, -0.15) is 5.26 Å². The highest BCUT2D eigenvalue weighted by Gasteiger charge is 2.29. The Labute approximate surface area is 176 Å². The van der Waals surface area contributed by atoms with Crippen LogP contribution in [0.4, 0.5) is 11.4 Å². The average Bonchev–Trinajstić information content (AvgIpc) is 2.78. The number of rotatable bonds is 5. The van der Waals surface area contributed by atoms with E-state index in [-0.39, 0.29) is 5.91 Å². The van der Waals surface area contributed by atoms with Crippen LogP contribution in [0.3, 0.4) is 0 Å². The maximum atomic E-state index is 12.5. The average molecular weight is 404 g/mol. The van der Waals surface area contributed by atoms with Crippen molar-refractivity contribution in [3.05, 3.63) is 52.9 Å². The molecule has 0 atom stereocenters. The SMILES string of the molecule is C/C=C(C#N)\C=C(/C)c1ncc(C(=O)NC)c2c1Oc1cc(CC)cc(OC)c1N2. The highest BCUT2D eigenvalue weighted by atomic mass is 16.5. The number of nitrogens with zero attached hydrogens (tertiary/aromatic N) is 2. The van der Waals surface area contributed by atoms with E-state index in [0.717, 1.165) is 17.6 Å². The number of carbonyl (C=O) groups is 1. The van der Waals surface area contributed by atoms with E-state index in [1.807, 2.05) is 19.1 Å². The van der Waals surface area contributed by atoms with E-state index in [0.29, 0.717) is 45.5 Å². The second-order valence-corrected chi connectivity index (χ2v) is 6.74. The highest BCUT2D eigenvalue weighted by Crippen LogP contribution is 2.50. The van der Waals surface area contributed by atoms with Crippen LogP contribution >= 0.6 is 0 Å². The largest absolute Gasteiger partial charge is 0.494 e. The molecule has 0 fully saturated rings. The monoisotopic (exact) mass is 404 g/mol. The molecule has 1 aromatic heterocycles. The first kappa shape index (κ1) is 20.9. The summed E-state index contributed by atoms with van der Waals surface area (Å²) in [5, 5.41) is 15.2. The summed E-state index contributed by atoms with van der Waals surface area (Å²) < 4.78 is 11.8. The minimum absolute atomic E-state index is 0.290. The van der Waals surface area contributed by atoms with E-state index >= 15 is 0 Å². The third-order valence-corrected chi connectivity index (χ3v) is 4.91. The van der Waals surface area contributed by atoms with Crippen LogP contribution < -0.4 is 20.1 Å². The lowest BCUT2D eigenvalue weighted by Crippen LogP contribution is -2.21. The Morgan fingerprint density at radius 3 is 2.77 bits per heavy atom. The van der Waals surface area contributed by atoms with E-state index < -0.39 is 0 Å². The van der Waals surface area contributed by atoms with E-state index in [1.54, 1.807) is 33.2 Å². The molecule has 0 bridgehead atoms. The number of amides is 1. The highest BCUT2D eigenvalue weighted by molar-refractivity contribution is 6.03. The molecule has 0 saturated carbocycles. The fourth-order valence-electron chi connectivity index (χ4n) is 3.23. The molecule has 30 heavy (non-hydrogen) atoms. The Kier molecular flexibility index (Phi) is 6.07. The number of hydrogen-bond acceptors (Lipinski definition) is 6. The van der Waals surface area contributed by atoms with Crippen molar-refractivity contribution in [1.82, 2.24) is 10.3 Å². The minimum Gasteiger partial charge on any atom is -0.494 e. The number of hydrogen-bond donors (Lipinski definition) is 2. The van der Waals surface area contributed by atoms with Crippen molar-refractivity contribution in [2.45, 2.75) is 27.2 Å². The van der Waals surface area contributed by atoms with Gasteiger partial charge in [0, 0.05) is 18.8 Å². The van der Waals surface area contributed by atoms with Crippen molar-refractivity contribution in [3.8, 4) is 23.3 Å². The van der Waals surface area contributed by atoms with Crippen molar-refractivity contribution in [2.75, 3.05) is 19.5 Å². The first-order valence-electron chi connectivity index (χ1n) is 9.63. The summed E-state index contributed by atoms with van der Waals surface area (Å²) in [6, 6.07) is 6.02. The molecule has 7 heteroatoms. The lowest BCUT2D eigenvalue weighted by molar-refractivity contribution is 0.0963. The van der Waals surface area contributed by atoms with Gasteiger partial charge in [-0.25, -0.2) is 0 Å². The van der Waals surface area contributed by atoms with Crippen LogP contribution in [0.15, 0.2) is 36.1 Å². The molecular weight excluding hydrogens is 380 g/mol. The maximum absolute atomic E-state index is 12.5. The fourth-order valence-corrected chi connectivity index (χ4v) is 3.23. The molecule has 1 aliphatic rings. The molecule has 3 rings (SSSR count). The number of nitrogens with one attached hydrogen (secondary N) is 2. The third kappa shape index (κ3) is 3.72. The molecule has 154 valence electrons. The molecule has 0 unspecified atom stereocenters. The Morgan fingerprint density at radius 1 is 1.40 bits per heavy atom. The quantitative estimate of drug-likeness (QED) is 0.471. The van der Waals surface area contributed by atoms with Crippen LogP contribution in [-0.4, -0.2) is 25.0 Å². The zero-order valence-electron chi connectivity index (χ0n) is 17.7. The maximum Gasteiger partial charge on any atom is 0.254 e. The number of carbonyl (C=O) groups excluding carboxylic acids is 1. The summed E-state index contributed by atoms with van der Waals surface area (Å²) >= 11 is 0. The number of methoxy groups -OCH3 is 1. The number of anilines is 2. The molecule has 2 N–H and O–H groups in total. The summed E-state index contributed by atoms with van der Waals surface area (Å²) in [5.41, 5.74) is 4.36. The Hall–Kier alpha value is -3.79. The summed E-state index contributed by atoms with van der Waals surface area (Å²) in [7, 11) is 3.15. The molecule has 1 aromatic carbocycles. The fraction of sp³-hybridized carbons (Fsp3) is 0.261. The van der Waals surface area contributed by atoms with Gasteiger partial charge in [-0.15, -0.1) is 0 Å². The Balaban J connectivity index is 2.23. The van der Waals surface area contributed by atoms with E-state index in [4.69, 9.17) is 9.47 Å². The number of aryl methyl sites for hydroxylation is 1. The van der Waals surface area contributed by atoms with Gasteiger partial charge in [0.15, 0.2) is 11.5 Å². The Morgan fingerprint density at radius 2 is 2.17 bits per heavy atom. The van der Waals surface area contributed by atoms with Gasteiger partial charge in [0.25, 0.3) is 5.91 Å². The topological polar surface area (TPSA) is 96.3 Å².